The van der Waals surface area contributed by atoms with Crippen LogP contribution in [0.4, 0.5) is 0 Å². The van der Waals surface area contributed by atoms with Crippen LogP contribution < -0.4 is 10.1 Å². The van der Waals surface area contributed by atoms with Gasteiger partial charge in [-0.3, -0.25) is 19.7 Å². The maximum absolute atomic E-state index is 13.6. The van der Waals surface area contributed by atoms with Crippen LogP contribution >= 0.6 is 0 Å². The number of nitrogens with one attached hydrogen (secondary N) is 1. The lowest BCUT2D eigenvalue weighted by atomic mass is 9.64. The normalized spacial score (nSPS) is 20.0. The molecule has 6 heteroatoms. The van der Waals surface area contributed by atoms with E-state index in [1.54, 1.807) is 12.3 Å². The number of ether oxygens (including phenoxy) is 1. The molecule has 1 spiro atoms. The lowest BCUT2D eigenvalue weighted by Gasteiger charge is -2.50. The number of amides is 1. The van der Waals surface area contributed by atoms with Crippen molar-refractivity contribution in [2.45, 2.75) is 31.0 Å². The molecule has 2 aliphatic heterocycles. The van der Waals surface area contributed by atoms with Crippen LogP contribution in [0, 0.1) is 0 Å². The molecule has 4 aromatic rings. The number of fused-ring (bicyclic) bond motifs is 4. The Bertz CT molecular complexity index is 1330. The maximum Gasteiger partial charge on any atom is 0.271 e. The monoisotopic (exact) mass is 462 g/mol. The summed E-state index contributed by atoms with van der Waals surface area (Å²) in [5, 5.41) is 3.43. The fourth-order valence-electron chi connectivity index (χ4n) is 5.81. The molecule has 1 unspecified atom stereocenters. The number of carbonyl (C=O) groups is 1. The predicted octanol–water partition coefficient (Wildman–Crippen LogP) is 4.92. The van der Waals surface area contributed by atoms with Crippen LogP contribution in [0.5, 0.6) is 11.5 Å². The minimum Gasteiger partial charge on any atom is -0.457 e. The second kappa shape index (κ2) is 8.32. The van der Waals surface area contributed by atoms with Crippen molar-refractivity contribution in [3.05, 3.63) is 120 Å². The Kier molecular flexibility index (Phi) is 5.11. The lowest BCUT2D eigenvalue weighted by molar-refractivity contribution is 0.0503. The van der Waals surface area contributed by atoms with Crippen LogP contribution in [0.15, 0.2) is 97.3 Å². The Hall–Kier alpha value is -4.03. The number of rotatable bonds is 4. The van der Waals surface area contributed by atoms with Crippen molar-refractivity contribution >= 4 is 5.91 Å². The van der Waals surface area contributed by atoms with Crippen molar-refractivity contribution in [3.8, 4) is 11.5 Å². The molecule has 6 rings (SSSR count). The number of likely N-dealkylation sites (tertiary alicyclic amines) is 1. The Balaban J connectivity index is 1.54. The highest BCUT2D eigenvalue weighted by Gasteiger charge is 2.62. The van der Waals surface area contributed by atoms with Gasteiger partial charge in [-0.05, 0) is 49.7 Å². The highest BCUT2D eigenvalue weighted by atomic mass is 16.5. The summed E-state index contributed by atoms with van der Waals surface area (Å²) >= 11 is 0. The van der Waals surface area contributed by atoms with Gasteiger partial charge in [0, 0.05) is 36.6 Å². The van der Waals surface area contributed by atoms with Gasteiger partial charge in [-0.15, -0.1) is 0 Å². The molecule has 1 atom stereocenters. The summed E-state index contributed by atoms with van der Waals surface area (Å²) in [5.41, 5.74) is 2.18. The fraction of sp³-hybridized carbons (Fsp3) is 0.207. The van der Waals surface area contributed by atoms with E-state index in [0.717, 1.165) is 41.3 Å². The Morgan fingerprint density at radius 3 is 2.14 bits per heavy atom. The van der Waals surface area contributed by atoms with Crippen molar-refractivity contribution in [1.29, 1.82) is 0 Å². The highest BCUT2D eigenvalue weighted by Crippen LogP contribution is 2.58. The van der Waals surface area contributed by atoms with Crippen LogP contribution in [0.1, 0.15) is 40.7 Å². The summed E-state index contributed by atoms with van der Waals surface area (Å²) in [6, 6.07) is 27.7. The average Bonchev–Trinajstić information content (AvgIpc) is 3.17. The van der Waals surface area contributed by atoms with Gasteiger partial charge in [-0.2, -0.15) is 0 Å². The molecule has 1 saturated heterocycles. The van der Waals surface area contributed by atoms with Crippen molar-refractivity contribution in [1.82, 2.24) is 20.2 Å². The lowest BCUT2D eigenvalue weighted by Crippen LogP contribution is -2.65. The standard InChI is InChI=1S/C29H26N4O2/c1-28(32-27(34)24-13-7-9-18-31-24)29(16-19-33(28)20-21-10-6-8-17-30-21)22-11-2-4-14-25(22)35-26-15-5-3-12-23(26)29/h2-15,17-18H,16,19-20H2,1H3,(H,32,34). The zero-order valence-electron chi connectivity index (χ0n) is 19.5. The van der Waals surface area contributed by atoms with Gasteiger partial charge in [0.1, 0.15) is 22.9 Å². The molecular weight excluding hydrogens is 436 g/mol. The molecule has 2 aliphatic rings. The highest BCUT2D eigenvalue weighted by molar-refractivity contribution is 5.93. The molecule has 1 N–H and O–H groups in total. The molecular formula is C29H26N4O2. The molecule has 0 bridgehead atoms. The van der Waals surface area contributed by atoms with Gasteiger partial charge in [0.05, 0.1) is 11.1 Å². The molecule has 174 valence electrons. The van der Waals surface area contributed by atoms with E-state index in [1.807, 2.05) is 72.9 Å². The molecule has 6 nitrogen and oxygen atoms in total. The first-order valence-electron chi connectivity index (χ1n) is 11.9. The van der Waals surface area contributed by atoms with E-state index in [1.165, 1.54) is 0 Å². The zero-order chi connectivity index (χ0) is 23.9. The third kappa shape index (κ3) is 3.33. The number of aromatic nitrogens is 2. The number of hydrogen-bond donors (Lipinski definition) is 1. The summed E-state index contributed by atoms with van der Waals surface area (Å²) in [6.45, 7) is 3.51. The molecule has 4 heterocycles. The summed E-state index contributed by atoms with van der Waals surface area (Å²) < 4.78 is 6.34. The van der Waals surface area contributed by atoms with Crippen molar-refractivity contribution < 1.29 is 9.53 Å². The van der Waals surface area contributed by atoms with E-state index < -0.39 is 11.1 Å². The Labute approximate surface area is 204 Å². The van der Waals surface area contributed by atoms with Gasteiger partial charge < -0.3 is 10.1 Å². The summed E-state index contributed by atoms with van der Waals surface area (Å²) in [7, 11) is 0. The van der Waals surface area contributed by atoms with E-state index in [0.29, 0.717) is 12.2 Å². The minimum absolute atomic E-state index is 0.207. The van der Waals surface area contributed by atoms with E-state index in [2.05, 4.69) is 39.2 Å². The molecule has 0 aliphatic carbocycles. The van der Waals surface area contributed by atoms with Gasteiger partial charge >= 0.3 is 0 Å². The average molecular weight is 463 g/mol. The van der Waals surface area contributed by atoms with Gasteiger partial charge in [-0.1, -0.05) is 48.5 Å². The second-order valence-corrected chi connectivity index (χ2v) is 9.23. The van der Waals surface area contributed by atoms with Gasteiger partial charge in [0.15, 0.2) is 0 Å². The van der Waals surface area contributed by atoms with Gasteiger partial charge in [0.25, 0.3) is 5.91 Å². The first-order valence-corrected chi connectivity index (χ1v) is 11.9. The quantitative estimate of drug-likeness (QED) is 0.466. The van der Waals surface area contributed by atoms with E-state index in [9.17, 15) is 4.79 Å². The summed E-state index contributed by atoms with van der Waals surface area (Å²) in [6.07, 6.45) is 4.27. The zero-order valence-corrected chi connectivity index (χ0v) is 19.5. The molecule has 2 aromatic heterocycles. The second-order valence-electron chi connectivity index (χ2n) is 9.23. The number of nitrogens with zero attached hydrogens (tertiary/aromatic N) is 3. The molecule has 1 amide bonds. The number of benzene rings is 2. The van der Waals surface area contributed by atoms with Crippen molar-refractivity contribution in [2.24, 2.45) is 0 Å². The summed E-state index contributed by atoms with van der Waals surface area (Å²) in [5.74, 6) is 1.44. The topological polar surface area (TPSA) is 67.4 Å². The van der Waals surface area contributed by atoms with E-state index >= 15 is 0 Å². The first kappa shape index (κ1) is 21.5. The molecule has 35 heavy (non-hydrogen) atoms. The first-order chi connectivity index (χ1) is 17.1. The summed E-state index contributed by atoms with van der Waals surface area (Å²) in [4.78, 5) is 24.8. The molecule has 0 radical (unpaired) electrons. The van der Waals surface area contributed by atoms with Gasteiger partial charge in [-0.25, -0.2) is 0 Å². The fourth-order valence-corrected chi connectivity index (χ4v) is 5.81. The molecule has 2 aromatic carbocycles. The smallest absolute Gasteiger partial charge is 0.271 e. The van der Waals surface area contributed by atoms with E-state index in [-0.39, 0.29) is 5.91 Å². The van der Waals surface area contributed by atoms with Gasteiger partial charge in [0.2, 0.25) is 0 Å². The van der Waals surface area contributed by atoms with Crippen molar-refractivity contribution in [3.63, 3.8) is 0 Å². The number of pyridine rings is 2. The largest absolute Gasteiger partial charge is 0.457 e. The van der Waals surface area contributed by atoms with E-state index in [4.69, 9.17) is 4.74 Å². The minimum atomic E-state index is -0.783. The maximum atomic E-state index is 13.6. The van der Waals surface area contributed by atoms with Crippen LogP contribution in [-0.4, -0.2) is 33.0 Å². The number of para-hydroxylation sites is 2. The number of carbonyl (C=O) groups excluding carboxylic acids is 1. The van der Waals surface area contributed by atoms with Crippen LogP contribution in [-0.2, 0) is 12.0 Å². The Morgan fingerprint density at radius 1 is 0.886 bits per heavy atom. The third-order valence-corrected chi connectivity index (χ3v) is 7.47. The number of hydrogen-bond acceptors (Lipinski definition) is 5. The van der Waals surface area contributed by atoms with Crippen LogP contribution in [0.25, 0.3) is 0 Å². The third-order valence-electron chi connectivity index (χ3n) is 7.47. The predicted molar refractivity (Wildman–Crippen MR) is 133 cm³/mol. The molecule has 1 fully saturated rings. The molecule has 0 saturated carbocycles. The Morgan fingerprint density at radius 2 is 1.51 bits per heavy atom. The van der Waals surface area contributed by atoms with Crippen LogP contribution in [0.2, 0.25) is 0 Å². The van der Waals surface area contributed by atoms with Crippen molar-refractivity contribution in [2.75, 3.05) is 6.54 Å². The SMILES string of the molecule is CC1(NC(=O)c2ccccn2)N(Cc2ccccn2)CCC12c1ccccc1Oc1ccccc12. The van der Waals surface area contributed by atoms with Crippen LogP contribution in [0.3, 0.4) is 0 Å².